The van der Waals surface area contributed by atoms with Crippen molar-refractivity contribution in [3.63, 3.8) is 0 Å². The van der Waals surface area contributed by atoms with E-state index in [1.54, 1.807) is 7.11 Å². The summed E-state index contributed by atoms with van der Waals surface area (Å²) in [6.45, 7) is 14.4. The zero-order valence-electron chi connectivity index (χ0n) is 23.4. The maximum absolute atomic E-state index is 13.4. The van der Waals surface area contributed by atoms with Crippen LogP contribution in [0.1, 0.15) is 106 Å². The molecule has 8 atom stereocenters. The summed E-state index contributed by atoms with van der Waals surface area (Å²) in [5.41, 5.74) is 0.954. The van der Waals surface area contributed by atoms with Crippen molar-refractivity contribution in [3.05, 3.63) is 11.6 Å². The number of ether oxygens (including phenoxy) is 1. The van der Waals surface area contributed by atoms with Gasteiger partial charge in [0.25, 0.3) is 0 Å². The summed E-state index contributed by atoms with van der Waals surface area (Å²) in [5, 5.41) is 22.2. The van der Waals surface area contributed by atoms with E-state index in [9.17, 15) is 15.0 Å². The molecule has 0 aromatic rings. The first-order valence-corrected chi connectivity index (χ1v) is 14.3. The second kappa shape index (κ2) is 7.82. The van der Waals surface area contributed by atoms with Gasteiger partial charge in [-0.1, -0.05) is 53.2 Å². The first-order valence-electron chi connectivity index (χ1n) is 14.3. The normalized spacial score (nSPS) is 50.0. The van der Waals surface area contributed by atoms with E-state index >= 15 is 0 Å². The summed E-state index contributed by atoms with van der Waals surface area (Å²) in [6, 6.07) is 0. The number of methoxy groups -OCH3 is 1. The van der Waals surface area contributed by atoms with Gasteiger partial charge >= 0.3 is 5.97 Å². The fraction of sp³-hybridized carbons (Fsp3) is 0.903. The molecule has 35 heavy (non-hydrogen) atoms. The average Bonchev–Trinajstić information content (AvgIpc) is 2.80. The molecule has 0 radical (unpaired) electrons. The van der Waals surface area contributed by atoms with E-state index in [0.29, 0.717) is 11.8 Å². The summed E-state index contributed by atoms with van der Waals surface area (Å²) in [4.78, 5) is 13.4. The molecule has 0 bridgehead atoms. The van der Waals surface area contributed by atoms with Crippen LogP contribution in [-0.2, 0) is 9.53 Å². The Labute approximate surface area is 213 Å². The largest absolute Gasteiger partial charge is 0.469 e. The van der Waals surface area contributed by atoms with Gasteiger partial charge in [-0.3, -0.25) is 4.79 Å². The standard InChI is InChI=1S/C31H50O4/c1-26(2)14-15-30(25(34)35-7)16-17-31(19-32)20(21(30)18-26)8-9-23-28(5)12-11-24(33)27(3,4)22(28)10-13-29(23,31)6/h8,21-24,32-33H,9-19H2,1-7H3/t21-,22-,23+,24?,28-,29+,30-,31-/m0/s1. The molecule has 0 aromatic heterocycles. The predicted molar refractivity (Wildman–Crippen MR) is 138 cm³/mol. The Morgan fingerprint density at radius 1 is 0.971 bits per heavy atom. The molecule has 1 unspecified atom stereocenters. The van der Waals surface area contributed by atoms with Crippen molar-refractivity contribution in [2.75, 3.05) is 13.7 Å². The number of carbonyl (C=O) groups is 1. The summed E-state index contributed by atoms with van der Waals surface area (Å²) in [7, 11) is 1.55. The molecule has 0 amide bonds. The molecule has 0 spiro atoms. The number of fused-ring (bicyclic) bond motifs is 7. The number of hydrogen-bond donors (Lipinski definition) is 2. The van der Waals surface area contributed by atoms with Crippen molar-refractivity contribution in [1.29, 1.82) is 0 Å². The monoisotopic (exact) mass is 486 g/mol. The Kier molecular flexibility index (Phi) is 5.76. The summed E-state index contributed by atoms with van der Waals surface area (Å²) >= 11 is 0. The van der Waals surface area contributed by atoms with Crippen LogP contribution in [0.5, 0.6) is 0 Å². The Morgan fingerprint density at radius 2 is 1.66 bits per heavy atom. The van der Waals surface area contributed by atoms with E-state index < -0.39 is 5.41 Å². The second-order valence-corrected chi connectivity index (χ2v) is 15.1. The second-order valence-electron chi connectivity index (χ2n) is 15.1. The quantitative estimate of drug-likeness (QED) is 0.355. The van der Waals surface area contributed by atoms with Crippen LogP contribution in [0.2, 0.25) is 0 Å². The molecule has 4 saturated carbocycles. The van der Waals surface area contributed by atoms with E-state index in [1.165, 1.54) is 5.57 Å². The number of carbonyl (C=O) groups excluding carboxylic acids is 1. The number of allylic oxidation sites excluding steroid dienone is 1. The van der Waals surface area contributed by atoms with Crippen LogP contribution in [0.15, 0.2) is 11.6 Å². The molecule has 4 heteroatoms. The number of esters is 1. The molecule has 5 aliphatic carbocycles. The molecule has 198 valence electrons. The average molecular weight is 487 g/mol. The van der Waals surface area contributed by atoms with Gasteiger partial charge in [-0.25, -0.2) is 0 Å². The molecule has 2 N–H and O–H groups in total. The van der Waals surface area contributed by atoms with Crippen molar-refractivity contribution < 1.29 is 19.7 Å². The zero-order valence-corrected chi connectivity index (χ0v) is 23.4. The van der Waals surface area contributed by atoms with E-state index in [0.717, 1.165) is 64.2 Å². The van der Waals surface area contributed by atoms with Crippen molar-refractivity contribution in [2.45, 2.75) is 112 Å². The fourth-order valence-corrected chi connectivity index (χ4v) is 10.9. The maximum atomic E-state index is 13.4. The van der Waals surface area contributed by atoms with Gasteiger partial charge in [-0.2, -0.15) is 0 Å². The number of aliphatic hydroxyl groups is 2. The van der Waals surface area contributed by atoms with Crippen LogP contribution < -0.4 is 0 Å². The Bertz CT molecular complexity index is 919. The first-order chi connectivity index (χ1) is 16.2. The van der Waals surface area contributed by atoms with Crippen molar-refractivity contribution in [2.24, 2.45) is 50.2 Å². The van der Waals surface area contributed by atoms with Gasteiger partial charge in [-0.05, 0) is 104 Å². The third-order valence-electron chi connectivity index (χ3n) is 13.2. The van der Waals surface area contributed by atoms with Crippen LogP contribution in [-0.4, -0.2) is 36.0 Å². The smallest absolute Gasteiger partial charge is 0.312 e. The number of aliphatic hydroxyl groups excluding tert-OH is 2. The Balaban J connectivity index is 1.63. The SMILES string of the molecule is COC(=O)[C@]12CCC(C)(C)C[C@H]1C1=CC[C@@H]3[C@@]4(C)CCC(O)C(C)(C)[C@@H]4CC[C@@]3(C)[C@]1(CO)CC2. The summed E-state index contributed by atoms with van der Waals surface area (Å²) < 4.78 is 5.46. The highest BCUT2D eigenvalue weighted by atomic mass is 16.5. The lowest BCUT2D eigenvalue weighted by atomic mass is 9.33. The minimum Gasteiger partial charge on any atom is -0.469 e. The van der Waals surface area contributed by atoms with E-state index in [-0.39, 0.29) is 51.7 Å². The van der Waals surface area contributed by atoms with Crippen LogP contribution in [0.25, 0.3) is 0 Å². The minimum absolute atomic E-state index is 0.000670. The highest BCUT2D eigenvalue weighted by Gasteiger charge is 2.70. The first kappa shape index (κ1) is 25.8. The lowest BCUT2D eigenvalue weighted by Gasteiger charge is -2.71. The van der Waals surface area contributed by atoms with Crippen LogP contribution in [0.3, 0.4) is 0 Å². The van der Waals surface area contributed by atoms with Gasteiger partial charge in [0, 0.05) is 5.41 Å². The topological polar surface area (TPSA) is 66.8 Å². The van der Waals surface area contributed by atoms with Crippen molar-refractivity contribution in [3.8, 4) is 0 Å². The van der Waals surface area contributed by atoms with Gasteiger partial charge in [0.15, 0.2) is 0 Å². The lowest BCUT2D eigenvalue weighted by molar-refractivity contribution is -0.215. The van der Waals surface area contributed by atoms with Crippen molar-refractivity contribution >= 4 is 5.97 Å². The minimum atomic E-state index is -0.435. The number of rotatable bonds is 2. The summed E-state index contributed by atoms with van der Waals surface area (Å²) in [5.74, 6) is 1.11. The molecule has 0 aromatic carbocycles. The van der Waals surface area contributed by atoms with Gasteiger partial charge in [0.05, 0.1) is 25.2 Å². The van der Waals surface area contributed by atoms with Gasteiger partial charge < -0.3 is 14.9 Å². The third-order valence-corrected chi connectivity index (χ3v) is 13.2. The lowest BCUT2D eigenvalue weighted by Crippen LogP contribution is -2.66. The molecule has 4 nitrogen and oxygen atoms in total. The van der Waals surface area contributed by atoms with Crippen LogP contribution >= 0.6 is 0 Å². The highest BCUT2D eigenvalue weighted by Crippen LogP contribution is 2.75. The Morgan fingerprint density at radius 3 is 2.31 bits per heavy atom. The molecule has 4 fully saturated rings. The highest BCUT2D eigenvalue weighted by molar-refractivity contribution is 5.78. The molecule has 5 aliphatic rings. The van der Waals surface area contributed by atoms with E-state index in [1.807, 2.05) is 0 Å². The third kappa shape index (κ3) is 3.14. The Hall–Kier alpha value is -0.870. The predicted octanol–water partition coefficient (Wildman–Crippen LogP) is 6.29. The molecule has 0 aliphatic heterocycles. The van der Waals surface area contributed by atoms with Crippen LogP contribution in [0, 0.1) is 50.2 Å². The number of hydrogen-bond acceptors (Lipinski definition) is 4. The fourth-order valence-electron chi connectivity index (χ4n) is 10.9. The van der Waals surface area contributed by atoms with Crippen molar-refractivity contribution in [1.82, 2.24) is 0 Å². The molecular formula is C31H50O4. The van der Waals surface area contributed by atoms with Crippen LogP contribution in [0.4, 0.5) is 0 Å². The summed E-state index contributed by atoms with van der Waals surface area (Å²) in [6.07, 6.45) is 12.1. The van der Waals surface area contributed by atoms with Gasteiger partial charge in [0.1, 0.15) is 0 Å². The van der Waals surface area contributed by atoms with Gasteiger partial charge in [-0.15, -0.1) is 0 Å². The van der Waals surface area contributed by atoms with E-state index in [2.05, 4.69) is 47.6 Å². The molecular weight excluding hydrogens is 436 g/mol. The molecule has 0 saturated heterocycles. The van der Waals surface area contributed by atoms with Gasteiger partial charge in [0.2, 0.25) is 0 Å². The molecule has 0 heterocycles. The maximum Gasteiger partial charge on any atom is 0.312 e. The van der Waals surface area contributed by atoms with E-state index in [4.69, 9.17) is 4.74 Å². The zero-order chi connectivity index (χ0) is 25.7. The molecule has 5 rings (SSSR count).